The number of aliphatic hydroxyl groups is 1. The van der Waals surface area contributed by atoms with Crippen LogP contribution in [-0.4, -0.2) is 41.7 Å². The fraction of sp³-hybridized carbons (Fsp3) is 0.400. The van der Waals surface area contributed by atoms with Crippen LogP contribution in [-0.2, 0) is 0 Å². The van der Waals surface area contributed by atoms with Gasteiger partial charge in [0, 0.05) is 24.7 Å². The predicted octanol–water partition coefficient (Wildman–Crippen LogP) is 0.840. The minimum atomic E-state index is -0.906. The average molecular weight is 260 g/mol. The van der Waals surface area contributed by atoms with Crippen LogP contribution in [0.1, 0.15) is 29.8 Å². The molecule has 1 amide bonds. The Kier molecular flexibility index (Phi) is 5.11. The monoisotopic (exact) mass is 260 g/mol. The molecule has 1 aromatic carbocycles. The van der Waals surface area contributed by atoms with Gasteiger partial charge in [-0.25, -0.2) is 0 Å². The molecule has 1 rings (SSSR count). The van der Waals surface area contributed by atoms with Gasteiger partial charge < -0.3 is 15.7 Å². The van der Waals surface area contributed by atoms with Gasteiger partial charge in [0.15, 0.2) is 0 Å². The minimum Gasteiger partial charge on any atom is -0.389 e. The summed E-state index contributed by atoms with van der Waals surface area (Å²) < 4.78 is 0. The lowest BCUT2D eigenvalue weighted by Gasteiger charge is -2.25. The normalized spacial score (nSPS) is 10.6. The summed E-state index contributed by atoms with van der Waals surface area (Å²) in [5.74, 6) is 5.53. The summed E-state index contributed by atoms with van der Waals surface area (Å²) in [7, 11) is 1.67. The van der Waals surface area contributed by atoms with E-state index >= 15 is 0 Å². The van der Waals surface area contributed by atoms with Gasteiger partial charge in [-0.3, -0.25) is 4.79 Å². The molecule has 0 unspecified atom stereocenters. The Morgan fingerprint density at radius 2 is 1.95 bits per heavy atom. The molecule has 0 spiro atoms. The fourth-order valence-corrected chi connectivity index (χ4v) is 1.72. The van der Waals surface area contributed by atoms with Crippen LogP contribution in [0.5, 0.6) is 0 Å². The third-order valence-electron chi connectivity index (χ3n) is 2.44. The van der Waals surface area contributed by atoms with E-state index in [0.717, 1.165) is 5.56 Å². The van der Waals surface area contributed by atoms with Crippen LogP contribution in [0.2, 0.25) is 0 Å². The molecule has 0 saturated heterocycles. The SMILES string of the molecule is CN(CC(C)(C)O)C(=O)c1ccc(C#CCN)cc1. The Balaban J connectivity index is 2.78. The molecule has 0 heterocycles. The Bertz CT molecular complexity index is 490. The lowest BCUT2D eigenvalue weighted by molar-refractivity contribution is 0.0368. The zero-order valence-electron chi connectivity index (χ0n) is 11.6. The molecule has 4 nitrogen and oxygen atoms in total. The number of rotatable bonds is 3. The highest BCUT2D eigenvalue weighted by molar-refractivity contribution is 5.94. The van der Waals surface area contributed by atoms with E-state index in [4.69, 9.17) is 5.73 Å². The number of nitrogens with zero attached hydrogens (tertiary/aromatic N) is 1. The molecule has 4 heteroatoms. The summed E-state index contributed by atoms with van der Waals surface area (Å²) in [5, 5.41) is 9.70. The minimum absolute atomic E-state index is 0.125. The molecule has 19 heavy (non-hydrogen) atoms. The second kappa shape index (κ2) is 6.37. The van der Waals surface area contributed by atoms with Crippen molar-refractivity contribution >= 4 is 5.91 Å². The summed E-state index contributed by atoms with van der Waals surface area (Å²) in [6, 6.07) is 7.02. The molecule has 0 saturated carbocycles. The summed E-state index contributed by atoms with van der Waals surface area (Å²) in [5.41, 5.74) is 5.79. The van der Waals surface area contributed by atoms with E-state index < -0.39 is 5.60 Å². The van der Waals surface area contributed by atoms with E-state index in [1.807, 2.05) is 0 Å². The third kappa shape index (κ3) is 5.12. The topological polar surface area (TPSA) is 66.6 Å². The van der Waals surface area contributed by atoms with Gasteiger partial charge in [0.1, 0.15) is 0 Å². The number of nitrogens with two attached hydrogens (primary N) is 1. The van der Waals surface area contributed by atoms with Crippen molar-refractivity contribution in [3.05, 3.63) is 35.4 Å². The van der Waals surface area contributed by atoms with Gasteiger partial charge in [-0.2, -0.15) is 0 Å². The molecular weight excluding hydrogens is 240 g/mol. The van der Waals surface area contributed by atoms with Crippen LogP contribution < -0.4 is 5.73 Å². The second-order valence-electron chi connectivity index (χ2n) is 5.06. The number of likely N-dealkylation sites (N-methyl/N-ethyl adjacent to an activating group) is 1. The second-order valence-corrected chi connectivity index (χ2v) is 5.06. The lowest BCUT2D eigenvalue weighted by atomic mass is 10.1. The zero-order chi connectivity index (χ0) is 14.5. The Morgan fingerprint density at radius 1 is 1.37 bits per heavy atom. The quantitative estimate of drug-likeness (QED) is 0.791. The van der Waals surface area contributed by atoms with Crippen LogP contribution in [0.25, 0.3) is 0 Å². The molecule has 0 aromatic heterocycles. The van der Waals surface area contributed by atoms with Gasteiger partial charge in [-0.05, 0) is 38.1 Å². The predicted molar refractivity (Wildman–Crippen MR) is 75.6 cm³/mol. The van der Waals surface area contributed by atoms with Crippen molar-refractivity contribution in [2.75, 3.05) is 20.1 Å². The van der Waals surface area contributed by atoms with Crippen molar-refractivity contribution in [2.45, 2.75) is 19.4 Å². The maximum Gasteiger partial charge on any atom is 0.253 e. The van der Waals surface area contributed by atoms with E-state index in [2.05, 4.69) is 11.8 Å². The average Bonchev–Trinajstić information content (AvgIpc) is 2.34. The third-order valence-corrected chi connectivity index (χ3v) is 2.44. The van der Waals surface area contributed by atoms with Crippen LogP contribution in [0.4, 0.5) is 0 Å². The van der Waals surface area contributed by atoms with Crippen molar-refractivity contribution in [1.82, 2.24) is 4.90 Å². The number of carbonyl (C=O) groups is 1. The van der Waals surface area contributed by atoms with Crippen molar-refractivity contribution < 1.29 is 9.90 Å². The molecule has 0 atom stereocenters. The fourth-order valence-electron chi connectivity index (χ4n) is 1.72. The number of hydrogen-bond acceptors (Lipinski definition) is 3. The number of hydrogen-bond donors (Lipinski definition) is 2. The van der Waals surface area contributed by atoms with Gasteiger partial charge in [-0.15, -0.1) is 0 Å². The van der Waals surface area contributed by atoms with Crippen LogP contribution >= 0.6 is 0 Å². The highest BCUT2D eigenvalue weighted by Gasteiger charge is 2.20. The molecule has 3 N–H and O–H groups in total. The first kappa shape index (κ1) is 15.2. The first-order valence-corrected chi connectivity index (χ1v) is 6.10. The summed E-state index contributed by atoms with van der Waals surface area (Å²) >= 11 is 0. The standard InChI is InChI=1S/C15H20N2O2/c1-15(2,19)11-17(3)14(18)13-8-6-12(7-9-13)5-4-10-16/h6-9,19H,10-11,16H2,1-3H3. The van der Waals surface area contributed by atoms with Gasteiger partial charge in [0.25, 0.3) is 5.91 Å². The van der Waals surface area contributed by atoms with E-state index in [9.17, 15) is 9.90 Å². The summed E-state index contributed by atoms with van der Waals surface area (Å²) in [4.78, 5) is 13.6. The Labute approximate surface area is 114 Å². The Morgan fingerprint density at radius 3 is 2.42 bits per heavy atom. The Hall–Kier alpha value is -1.83. The maximum atomic E-state index is 12.1. The van der Waals surface area contributed by atoms with Gasteiger partial charge >= 0.3 is 0 Å². The van der Waals surface area contributed by atoms with Gasteiger partial charge in [0.2, 0.25) is 0 Å². The highest BCUT2D eigenvalue weighted by Crippen LogP contribution is 2.09. The molecule has 0 bridgehead atoms. The first-order chi connectivity index (χ1) is 8.83. The molecule has 0 aliphatic carbocycles. The number of amides is 1. The number of benzene rings is 1. The zero-order valence-corrected chi connectivity index (χ0v) is 11.6. The maximum absolute atomic E-state index is 12.1. The first-order valence-electron chi connectivity index (χ1n) is 6.10. The smallest absolute Gasteiger partial charge is 0.253 e. The van der Waals surface area contributed by atoms with Crippen molar-refractivity contribution in [1.29, 1.82) is 0 Å². The lowest BCUT2D eigenvalue weighted by Crippen LogP contribution is -2.39. The summed E-state index contributed by atoms with van der Waals surface area (Å²) in [6.07, 6.45) is 0. The molecule has 0 radical (unpaired) electrons. The van der Waals surface area contributed by atoms with Gasteiger partial charge in [0.05, 0.1) is 12.1 Å². The van der Waals surface area contributed by atoms with Gasteiger partial charge in [-0.1, -0.05) is 11.8 Å². The van der Waals surface area contributed by atoms with Crippen molar-refractivity contribution in [2.24, 2.45) is 5.73 Å². The van der Waals surface area contributed by atoms with E-state index in [-0.39, 0.29) is 12.5 Å². The van der Waals surface area contributed by atoms with E-state index in [1.54, 1.807) is 45.2 Å². The van der Waals surface area contributed by atoms with E-state index in [1.165, 1.54) is 4.90 Å². The molecule has 0 fully saturated rings. The largest absolute Gasteiger partial charge is 0.389 e. The molecule has 0 aliphatic heterocycles. The molecule has 0 aliphatic rings. The molecule has 102 valence electrons. The molecule has 1 aromatic rings. The van der Waals surface area contributed by atoms with Crippen LogP contribution in [0.3, 0.4) is 0 Å². The highest BCUT2D eigenvalue weighted by atomic mass is 16.3. The molecular formula is C15H20N2O2. The van der Waals surface area contributed by atoms with Crippen LogP contribution in [0.15, 0.2) is 24.3 Å². The van der Waals surface area contributed by atoms with Crippen LogP contribution in [0, 0.1) is 11.8 Å². The summed E-state index contributed by atoms with van der Waals surface area (Å²) in [6.45, 7) is 3.93. The number of carbonyl (C=O) groups excluding carboxylic acids is 1. The van der Waals surface area contributed by atoms with E-state index in [0.29, 0.717) is 12.1 Å². The van der Waals surface area contributed by atoms with Crippen molar-refractivity contribution in [3.63, 3.8) is 0 Å². The van der Waals surface area contributed by atoms with Crippen molar-refractivity contribution in [3.8, 4) is 11.8 Å².